The lowest BCUT2D eigenvalue weighted by atomic mass is 10.2. The van der Waals surface area contributed by atoms with E-state index in [2.05, 4.69) is 37.2 Å². The molecule has 0 aliphatic heterocycles. The Hall–Kier alpha value is -0.880. The van der Waals surface area contributed by atoms with Crippen LogP contribution in [-0.2, 0) is 4.79 Å². The van der Waals surface area contributed by atoms with Crippen LogP contribution in [0.2, 0.25) is 0 Å². The van der Waals surface area contributed by atoms with Crippen LogP contribution in [0.5, 0.6) is 5.75 Å². The van der Waals surface area contributed by atoms with E-state index in [1.54, 1.807) is 12.1 Å². The predicted octanol–water partition coefficient (Wildman–Crippen LogP) is 2.54. The smallest absolute Gasteiger partial charge is 0.257 e. The van der Waals surface area contributed by atoms with Crippen LogP contribution in [0, 0.1) is 0 Å². The molecule has 1 aromatic rings. The molecule has 0 atom stereocenters. The van der Waals surface area contributed by atoms with E-state index in [4.69, 9.17) is 4.74 Å². The minimum absolute atomic E-state index is 0.0640. The summed E-state index contributed by atoms with van der Waals surface area (Å²) in [5, 5.41) is 2.63. The van der Waals surface area contributed by atoms with Gasteiger partial charge in [-0.2, -0.15) is 0 Å². The molecule has 1 rings (SSSR count). The van der Waals surface area contributed by atoms with E-state index in [-0.39, 0.29) is 12.5 Å². The van der Waals surface area contributed by atoms with Gasteiger partial charge in [0.05, 0.1) is 8.95 Å². The minimum atomic E-state index is -0.189. The number of carbonyl (C=O) groups is 2. The summed E-state index contributed by atoms with van der Waals surface area (Å²) in [6.07, 6.45) is 0.739. The van der Waals surface area contributed by atoms with Gasteiger partial charge in [0.15, 0.2) is 6.61 Å². The van der Waals surface area contributed by atoms with E-state index in [9.17, 15) is 9.59 Å². The summed E-state index contributed by atoms with van der Waals surface area (Å²) in [6, 6.07) is 3.26. The van der Waals surface area contributed by atoms with Crippen LogP contribution < -0.4 is 10.1 Å². The maximum atomic E-state index is 11.2. The summed E-state index contributed by atoms with van der Waals surface area (Å²) < 4.78 is 6.61. The highest BCUT2D eigenvalue weighted by atomic mass is 79.9. The Morgan fingerprint density at radius 3 is 2.47 bits per heavy atom. The van der Waals surface area contributed by atoms with Gasteiger partial charge in [-0.05, 0) is 50.9 Å². The van der Waals surface area contributed by atoms with Gasteiger partial charge in [0, 0.05) is 12.1 Å². The first-order valence-corrected chi connectivity index (χ1v) is 6.50. The first-order chi connectivity index (χ1) is 8.08. The Morgan fingerprint density at radius 1 is 1.41 bits per heavy atom. The van der Waals surface area contributed by atoms with Crippen LogP contribution in [0.4, 0.5) is 0 Å². The first kappa shape index (κ1) is 14.2. The van der Waals surface area contributed by atoms with E-state index in [0.717, 1.165) is 6.29 Å². The first-order valence-electron chi connectivity index (χ1n) is 4.92. The molecular formula is C11H11Br2NO3. The van der Waals surface area contributed by atoms with Gasteiger partial charge in [-0.3, -0.25) is 9.59 Å². The fourth-order valence-electron chi connectivity index (χ4n) is 1.17. The zero-order valence-electron chi connectivity index (χ0n) is 9.13. The average molecular weight is 365 g/mol. The Labute approximate surface area is 116 Å². The molecule has 0 aliphatic rings. The van der Waals surface area contributed by atoms with Crippen LogP contribution in [-0.4, -0.2) is 25.3 Å². The second kappa shape index (κ2) is 6.76. The van der Waals surface area contributed by atoms with Crippen molar-refractivity contribution in [2.24, 2.45) is 0 Å². The number of rotatable bonds is 5. The second-order valence-electron chi connectivity index (χ2n) is 3.17. The van der Waals surface area contributed by atoms with E-state index >= 15 is 0 Å². The number of halogens is 2. The topological polar surface area (TPSA) is 55.4 Å². The Kier molecular flexibility index (Phi) is 5.64. The van der Waals surface area contributed by atoms with Crippen LogP contribution in [0.25, 0.3) is 0 Å². The van der Waals surface area contributed by atoms with Crippen molar-refractivity contribution in [2.75, 3.05) is 13.2 Å². The average Bonchev–Trinajstić information content (AvgIpc) is 2.28. The number of benzene rings is 1. The molecule has 0 spiro atoms. The number of nitrogens with one attached hydrogen (secondary N) is 1. The molecule has 0 fully saturated rings. The quantitative estimate of drug-likeness (QED) is 0.817. The summed E-state index contributed by atoms with van der Waals surface area (Å²) in [6.45, 7) is 2.34. The molecule has 0 aliphatic carbocycles. The number of ether oxygens (including phenoxy) is 1. The highest BCUT2D eigenvalue weighted by molar-refractivity contribution is 9.11. The molecule has 1 amide bonds. The molecule has 1 N–H and O–H groups in total. The third-order valence-electron chi connectivity index (χ3n) is 1.88. The van der Waals surface area contributed by atoms with Crippen molar-refractivity contribution in [1.29, 1.82) is 0 Å². The molecule has 1 aromatic carbocycles. The van der Waals surface area contributed by atoms with E-state index in [1.807, 2.05) is 6.92 Å². The molecule has 0 bridgehead atoms. The van der Waals surface area contributed by atoms with Crippen LogP contribution >= 0.6 is 31.9 Å². The Bertz CT molecular complexity index is 412. The predicted molar refractivity (Wildman–Crippen MR) is 71.4 cm³/mol. The van der Waals surface area contributed by atoms with E-state index < -0.39 is 0 Å². The maximum Gasteiger partial charge on any atom is 0.257 e. The van der Waals surface area contributed by atoms with Gasteiger partial charge in [0.1, 0.15) is 12.0 Å². The van der Waals surface area contributed by atoms with Gasteiger partial charge in [-0.15, -0.1) is 0 Å². The highest BCUT2D eigenvalue weighted by Crippen LogP contribution is 2.34. The summed E-state index contributed by atoms with van der Waals surface area (Å²) >= 11 is 6.56. The monoisotopic (exact) mass is 363 g/mol. The zero-order chi connectivity index (χ0) is 12.8. The zero-order valence-corrected chi connectivity index (χ0v) is 12.3. The van der Waals surface area contributed by atoms with Crippen molar-refractivity contribution in [2.45, 2.75) is 6.92 Å². The van der Waals surface area contributed by atoms with Crippen molar-refractivity contribution in [3.63, 3.8) is 0 Å². The van der Waals surface area contributed by atoms with Crippen molar-refractivity contribution < 1.29 is 14.3 Å². The second-order valence-corrected chi connectivity index (χ2v) is 4.88. The normalized spacial score (nSPS) is 9.82. The molecule has 0 heterocycles. The third kappa shape index (κ3) is 4.12. The van der Waals surface area contributed by atoms with E-state index in [0.29, 0.717) is 26.8 Å². The molecule has 0 saturated heterocycles. The van der Waals surface area contributed by atoms with Crippen LogP contribution in [0.1, 0.15) is 17.3 Å². The largest absolute Gasteiger partial charge is 0.481 e. The van der Waals surface area contributed by atoms with Gasteiger partial charge in [-0.25, -0.2) is 0 Å². The summed E-state index contributed by atoms with van der Waals surface area (Å²) in [5.74, 6) is 0.313. The number of amides is 1. The number of hydrogen-bond acceptors (Lipinski definition) is 3. The van der Waals surface area contributed by atoms with Crippen LogP contribution in [0.3, 0.4) is 0 Å². The summed E-state index contributed by atoms with van der Waals surface area (Å²) in [4.78, 5) is 21.9. The van der Waals surface area contributed by atoms with Gasteiger partial charge in [0.2, 0.25) is 0 Å². The van der Waals surface area contributed by atoms with Gasteiger partial charge in [0.25, 0.3) is 5.91 Å². The van der Waals surface area contributed by atoms with Gasteiger partial charge < -0.3 is 10.1 Å². The number of aldehydes is 1. The molecule has 4 nitrogen and oxygen atoms in total. The summed E-state index contributed by atoms with van der Waals surface area (Å²) in [5.41, 5.74) is 0.522. The molecule has 6 heteroatoms. The summed E-state index contributed by atoms with van der Waals surface area (Å²) in [7, 11) is 0. The fraction of sp³-hybridized carbons (Fsp3) is 0.273. The highest BCUT2D eigenvalue weighted by Gasteiger charge is 2.10. The standard InChI is InChI=1S/C11H11Br2NO3/c1-2-14-10(16)6-17-11-8(12)3-7(5-15)4-9(11)13/h3-5H,2,6H2,1H3,(H,14,16). The molecule has 0 unspecified atom stereocenters. The third-order valence-corrected chi connectivity index (χ3v) is 3.06. The molecule has 0 radical (unpaired) electrons. The molecule has 0 saturated carbocycles. The lowest BCUT2D eigenvalue weighted by Crippen LogP contribution is -2.28. The van der Waals surface area contributed by atoms with Crippen LogP contribution in [0.15, 0.2) is 21.1 Å². The Morgan fingerprint density at radius 2 is 2.00 bits per heavy atom. The molecule has 0 aromatic heterocycles. The van der Waals surface area contributed by atoms with E-state index in [1.165, 1.54) is 0 Å². The number of hydrogen-bond donors (Lipinski definition) is 1. The van der Waals surface area contributed by atoms with Gasteiger partial charge in [-0.1, -0.05) is 0 Å². The molecular weight excluding hydrogens is 354 g/mol. The minimum Gasteiger partial charge on any atom is -0.481 e. The lowest BCUT2D eigenvalue weighted by Gasteiger charge is -2.10. The number of carbonyl (C=O) groups excluding carboxylic acids is 2. The molecule has 92 valence electrons. The van der Waals surface area contributed by atoms with Crippen molar-refractivity contribution in [3.05, 3.63) is 26.6 Å². The van der Waals surface area contributed by atoms with Crippen molar-refractivity contribution in [1.82, 2.24) is 5.32 Å². The van der Waals surface area contributed by atoms with Gasteiger partial charge >= 0.3 is 0 Å². The maximum absolute atomic E-state index is 11.2. The SMILES string of the molecule is CCNC(=O)COc1c(Br)cc(C=O)cc1Br. The number of likely N-dealkylation sites (N-methyl/N-ethyl adjacent to an activating group) is 1. The fourth-order valence-corrected chi connectivity index (χ4v) is 2.62. The molecule has 17 heavy (non-hydrogen) atoms. The lowest BCUT2D eigenvalue weighted by molar-refractivity contribution is -0.123. The Balaban J connectivity index is 2.78. The van der Waals surface area contributed by atoms with Crippen molar-refractivity contribution >= 4 is 44.1 Å². The van der Waals surface area contributed by atoms with Crippen molar-refractivity contribution in [3.8, 4) is 5.75 Å².